The number of nitrogen functional groups attached to an aromatic ring is 2. The van der Waals surface area contributed by atoms with Crippen LogP contribution in [0.2, 0.25) is 0 Å². The van der Waals surface area contributed by atoms with Gasteiger partial charge >= 0.3 is 0 Å². The number of ether oxygens (including phenoxy) is 2. The highest BCUT2D eigenvalue weighted by Crippen LogP contribution is 2.34. The summed E-state index contributed by atoms with van der Waals surface area (Å²) in [7, 11) is 0. The van der Waals surface area contributed by atoms with E-state index in [1.165, 1.54) is 0 Å². The standard InChI is InChI=1S/C17H21N5O2/c1-3-5-8-24-13-7-6-11(9-14(13)23-4-2)15-12(10-18)16(19)22-17(20)21-15/h6-7,9H,3-5,8H2,1-2H3,(H4,19,20,21,22). The molecule has 0 aliphatic heterocycles. The summed E-state index contributed by atoms with van der Waals surface area (Å²) in [5, 5.41) is 9.32. The molecular formula is C17H21N5O2. The molecule has 4 N–H and O–H groups in total. The van der Waals surface area contributed by atoms with Crippen LogP contribution in [0.15, 0.2) is 18.2 Å². The average molecular weight is 327 g/mol. The number of hydrogen-bond donors (Lipinski definition) is 2. The first kappa shape index (κ1) is 17.3. The van der Waals surface area contributed by atoms with E-state index in [2.05, 4.69) is 16.9 Å². The lowest BCUT2D eigenvalue weighted by molar-refractivity contribution is 0.273. The van der Waals surface area contributed by atoms with Crippen LogP contribution >= 0.6 is 0 Å². The number of unbranched alkanes of at least 4 members (excludes halogenated alkanes) is 1. The Kier molecular flexibility index (Phi) is 5.79. The van der Waals surface area contributed by atoms with Crippen molar-refractivity contribution < 1.29 is 9.47 Å². The van der Waals surface area contributed by atoms with E-state index in [1.807, 2.05) is 13.0 Å². The zero-order chi connectivity index (χ0) is 17.5. The lowest BCUT2D eigenvalue weighted by Gasteiger charge is -2.14. The minimum absolute atomic E-state index is 0.0164. The predicted molar refractivity (Wildman–Crippen MR) is 92.6 cm³/mol. The Balaban J connectivity index is 2.45. The van der Waals surface area contributed by atoms with Crippen molar-refractivity contribution in [3.63, 3.8) is 0 Å². The van der Waals surface area contributed by atoms with E-state index in [1.54, 1.807) is 18.2 Å². The molecule has 0 aliphatic rings. The van der Waals surface area contributed by atoms with Crippen LogP contribution in [-0.4, -0.2) is 23.2 Å². The van der Waals surface area contributed by atoms with Gasteiger partial charge in [0, 0.05) is 5.56 Å². The minimum atomic E-state index is 0.0164. The van der Waals surface area contributed by atoms with Crippen LogP contribution in [0.5, 0.6) is 11.5 Å². The molecule has 7 nitrogen and oxygen atoms in total. The highest BCUT2D eigenvalue weighted by molar-refractivity contribution is 5.74. The molecule has 0 radical (unpaired) electrons. The van der Waals surface area contributed by atoms with Crippen molar-refractivity contribution in [1.29, 1.82) is 5.26 Å². The fraction of sp³-hybridized carbons (Fsp3) is 0.353. The summed E-state index contributed by atoms with van der Waals surface area (Å²) < 4.78 is 11.4. The Hall–Kier alpha value is -3.01. The van der Waals surface area contributed by atoms with Crippen LogP contribution in [-0.2, 0) is 0 Å². The molecule has 0 unspecified atom stereocenters. The molecule has 2 rings (SSSR count). The summed E-state index contributed by atoms with van der Waals surface area (Å²) in [6, 6.07) is 7.39. The Morgan fingerprint density at radius 1 is 1.12 bits per heavy atom. The Bertz CT molecular complexity index is 755. The number of benzene rings is 1. The van der Waals surface area contributed by atoms with Gasteiger partial charge in [-0.1, -0.05) is 13.3 Å². The van der Waals surface area contributed by atoms with Gasteiger partial charge in [0.1, 0.15) is 17.5 Å². The molecule has 0 bridgehead atoms. The summed E-state index contributed by atoms with van der Waals surface area (Å²) >= 11 is 0. The van der Waals surface area contributed by atoms with Crippen molar-refractivity contribution in [2.75, 3.05) is 24.7 Å². The maximum Gasteiger partial charge on any atom is 0.222 e. The number of aromatic nitrogens is 2. The Morgan fingerprint density at radius 3 is 2.58 bits per heavy atom. The third-order valence-electron chi connectivity index (χ3n) is 3.34. The number of nitrogens with two attached hydrogens (primary N) is 2. The predicted octanol–water partition coefficient (Wildman–Crippen LogP) is 2.76. The van der Waals surface area contributed by atoms with E-state index in [0.29, 0.717) is 36.0 Å². The normalized spacial score (nSPS) is 10.2. The van der Waals surface area contributed by atoms with E-state index in [-0.39, 0.29) is 17.3 Å². The lowest BCUT2D eigenvalue weighted by Crippen LogP contribution is -2.05. The van der Waals surface area contributed by atoms with Crippen molar-refractivity contribution in [2.45, 2.75) is 26.7 Å². The van der Waals surface area contributed by atoms with E-state index < -0.39 is 0 Å². The lowest BCUT2D eigenvalue weighted by atomic mass is 10.1. The van der Waals surface area contributed by atoms with Crippen LogP contribution in [0, 0.1) is 11.3 Å². The molecule has 0 atom stereocenters. The van der Waals surface area contributed by atoms with Gasteiger partial charge in [-0.05, 0) is 31.5 Å². The summed E-state index contributed by atoms with van der Waals surface area (Å²) in [4.78, 5) is 7.97. The molecule has 0 saturated carbocycles. The second kappa shape index (κ2) is 8.02. The van der Waals surface area contributed by atoms with E-state index in [0.717, 1.165) is 12.8 Å². The SMILES string of the molecule is CCCCOc1ccc(-c2nc(N)nc(N)c2C#N)cc1OCC. The summed E-state index contributed by atoms with van der Waals surface area (Å²) in [5.41, 5.74) is 12.7. The molecule has 1 heterocycles. The van der Waals surface area contributed by atoms with Crippen molar-refractivity contribution in [3.05, 3.63) is 23.8 Å². The highest BCUT2D eigenvalue weighted by Gasteiger charge is 2.15. The molecule has 0 spiro atoms. The topological polar surface area (TPSA) is 120 Å². The molecule has 1 aromatic heterocycles. The molecule has 0 amide bonds. The average Bonchev–Trinajstić information content (AvgIpc) is 2.56. The second-order valence-corrected chi connectivity index (χ2v) is 5.10. The van der Waals surface area contributed by atoms with Crippen molar-refractivity contribution in [2.24, 2.45) is 0 Å². The van der Waals surface area contributed by atoms with Crippen molar-refractivity contribution in [3.8, 4) is 28.8 Å². The van der Waals surface area contributed by atoms with Crippen LogP contribution in [0.4, 0.5) is 11.8 Å². The van der Waals surface area contributed by atoms with Crippen LogP contribution in [0.3, 0.4) is 0 Å². The second-order valence-electron chi connectivity index (χ2n) is 5.10. The number of nitrogens with zero attached hydrogens (tertiary/aromatic N) is 3. The largest absolute Gasteiger partial charge is 0.490 e. The van der Waals surface area contributed by atoms with Gasteiger partial charge < -0.3 is 20.9 Å². The molecule has 24 heavy (non-hydrogen) atoms. The quantitative estimate of drug-likeness (QED) is 0.750. The zero-order valence-corrected chi connectivity index (χ0v) is 13.9. The van der Waals surface area contributed by atoms with Crippen molar-refractivity contribution in [1.82, 2.24) is 9.97 Å². The summed E-state index contributed by atoms with van der Waals surface area (Å²) in [6.45, 7) is 5.10. The molecule has 0 saturated heterocycles. The summed E-state index contributed by atoms with van der Waals surface area (Å²) in [6.07, 6.45) is 2.01. The monoisotopic (exact) mass is 327 g/mol. The molecule has 2 aromatic rings. The number of rotatable bonds is 7. The third kappa shape index (κ3) is 3.84. The van der Waals surface area contributed by atoms with Gasteiger partial charge in [-0.2, -0.15) is 10.2 Å². The fourth-order valence-corrected chi connectivity index (χ4v) is 2.18. The Morgan fingerprint density at radius 2 is 1.92 bits per heavy atom. The molecule has 0 aliphatic carbocycles. The number of anilines is 2. The van der Waals surface area contributed by atoms with E-state index >= 15 is 0 Å². The maximum atomic E-state index is 9.32. The van der Waals surface area contributed by atoms with Gasteiger partial charge in [0.2, 0.25) is 5.95 Å². The first-order valence-corrected chi connectivity index (χ1v) is 7.83. The first-order chi connectivity index (χ1) is 11.6. The molecular weight excluding hydrogens is 306 g/mol. The summed E-state index contributed by atoms with van der Waals surface area (Å²) in [5.74, 6) is 1.32. The van der Waals surface area contributed by atoms with E-state index in [9.17, 15) is 5.26 Å². The fourth-order valence-electron chi connectivity index (χ4n) is 2.18. The van der Waals surface area contributed by atoms with E-state index in [4.69, 9.17) is 20.9 Å². The van der Waals surface area contributed by atoms with Crippen LogP contribution in [0.1, 0.15) is 32.3 Å². The molecule has 126 valence electrons. The third-order valence-corrected chi connectivity index (χ3v) is 3.34. The smallest absolute Gasteiger partial charge is 0.222 e. The number of nitriles is 1. The van der Waals surface area contributed by atoms with Crippen LogP contribution < -0.4 is 20.9 Å². The van der Waals surface area contributed by atoms with Gasteiger partial charge in [0.15, 0.2) is 11.5 Å². The van der Waals surface area contributed by atoms with Gasteiger partial charge in [-0.15, -0.1) is 0 Å². The van der Waals surface area contributed by atoms with Gasteiger partial charge in [0.05, 0.1) is 18.9 Å². The van der Waals surface area contributed by atoms with Gasteiger partial charge in [0.25, 0.3) is 0 Å². The number of hydrogen-bond acceptors (Lipinski definition) is 7. The van der Waals surface area contributed by atoms with Crippen molar-refractivity contribution >= 4 is 11.8 Å². The minimum Gasteiger partial charge on any atom is -0.490 e. The molecule has 7 heteroatoms. The molecule has 0 fully saturated rings. The highest BCUT2D eigenvalue weighted by atomic mass is 16.5. The maximum absolute atomic E-state index is 9.32. The zero-order valence-electron chi connectivity index (χ0n) is 13.9. The Labute approximate surface area is 141 Å². The van der Waals surface area contributed by atoms with Crippen LogP contribution in [0.25, 0.3) is 11.3 Å². The van der Waals surface area contributed by atoms with Gasteiger partial charge in [-0.25, -0.2) is 4.98 Å². The van der Waals surface area contributed by atoms with Gasteiger partial charge in [-0.3, -0.25) is 0 Å². The molecule has 1 aromatic carbocycles. The first-order valence-electron chi connectivity index (χ1n) is 7.83.